The van der Waals surface area contributed by atoms with E-state index in [1.54, 1.807) is 0 Å². The van der Waals surface area contributed by atoms with Gasteiger partial charge in [-0.25, -0.2) is 4.79 Å². The molecule has 1 unspecified atom stereocenters. The van der Waals surface area contributed by atoms with Crippen LogP contribution in [0.4, 0.5) is 4.79 Å². The molecule has 0 spiro atoms. The zero-order chi connectivity index (χ0) is 14.7. The van der Waals surface area contributed by atoms with E-state index < -0.39 is 11.6 Å². The zero-order valence-corrected chi connectivity index (χ0v) is 12.1. The first-order valence-electron chi connectivity index (χ1n) is 7.62. The van der Waals surface area contributed by atoms with Gasteiger partial charge in [-0.1, -0.05) is 36.8 Å². The topological polar surface area (TPSA) is 61.4 Å². The molecular formula is C16H21N3O2. The van der Waals surface area contributed by atoms with Gasteiger partial charge in [-0.3, -0.25) is 10.1 Å². The summed E-state index contributed by atoms with van der Waals surface area (Å²) in [5, 5.41) is 5.23. The number of piperidine rings is 1. The minimum absolute atomic E-state index is 0.240. The highest BCUT2D eigenvalue weighted by Crippen LogP contribution is 2.29. The number of likely N-dealkylation sites (tertiary alicyclic amines) is 1. The molecule has 5 heteroatoms. The Balaban J connectivity index is 1.80. The fourth-order valence-electron chi connectivity index (χ4n) is 3.25. The third-order valence-electron chi connectivity index (χ3n) is 4.46. The van der Waals surface area contributed by atoms with Crippen molar-refractivity contribution in [3.8, 4) is 0 Å². The zero-order valence-electron chi connectivity index (χ0n) is 12.1. The Kier molecular flexibility index (Phi) is 3.92. The largest absolute Gasteiger partial charge is 0.322 e. The van der Waals surface area contributed by atoms with E-state index >= 15 is 0 Å². The van der Waals surface area contributed by atoms with Crippen LogP contribution in [-0.2, 0) is 10.3 Å². The van der Waals surface area contributed by atoms with E-state index in [0.717, 1.165) is 25.2 Å². The minimum atomic E-state index is -0.921. The predicted octanol–water partition coefficient (Wildman–Crippen LogP) is 1.60. The molecule has 112 valence electrons. The summed E-state index contributed by atoms with van der Waals surface area (Å²) in [5.41, 5.74) is -0.0687. The summed E-state index contributed by atoms with van der Waals surface area (Å²) in [5.74, 6) is -0.240. The summed E-state index contributed by atoms with van der Waals surface area (Å²) in [6.45, 7) is 2.99. The summed E-state index contributed by atoms with van der Waals surface area (Å²) in [7, 11) is 0. The fraction of sp³-hybridized carbons (Fsp3) is 0.500. The number of urea groups is 1. The quantitative estimate of drug-likeness (QED) is 0.827. The number of hydrogen-bond donors (Lipinski definition) is 2. The lowest BCUT2D eigenvalue weighted by Crippen LogP contribution is -2.47. The summed E-state index contributed by atoms with van der Waals surface area (Å²) in [6, 6.07) is 9.12. The third kappa shape index (κ3) is 2.78. The lowest BCUT2D eigenvalue weighted by molar-refractivity contribution is -0.124. The van der Waals surface area contributed by atoms with Gasteiger partial charge in [0.2, 0.25) is 0 Å². The maximum atomic E-state index is 12.4. The minimum Gasteiger partial charge on any atom is -0.319 e. The number of carbonyl (C=O) groups excluding carboxylic acids is 2. The predicted molar refractivity (Wildman–Crippen MR) is 79.7 cm³/mol. The number of hydrogen-bond acceptors (Lipinski definition) is 3. The monoisotopic (exact) mass is 287 g/mol. The van der Waals surface area contributed by atoms with Crippen LogP contribution in [0.3, 0.4) is 0 Å². The average Bonchev–Trinajstić information content (AvgIpc) is 2.82. The van der Waals surface area contributed by atoms with Crippen molar-refractivity contribution in [3.63, 3.8) is 0 Å². The van der Waals surface area contributed by atoms with E-state index in [1.807, 2.05) is 30.3 Å². The number of amides is 3. The van der Waals surface area contributed by atoms with Crippen LogP contribution in [0.5, 0.6) is 0 Å². The van der Waals surface area contributed by atoms with Gasteiger partial charge >= 0.3 is 6.03 Å². The number of nitrogens with zero attached hydrogens (tertiary/aromatic N) is 1. The van der Waals surface area contributed by atoms with Crippen molar-refractivity contribution in [2.24, 2.45) is 0 Å². The Morgan fingerprint density at radius 3 is 2.38 bits per heavy atom. The van der Waals surface area contributed by atoms with Crippen LogP contribution in [0.1, 0.15) is 31.2 Å². The average molecular weight is 287 g/mol. The second kappa shape index (κ2) is 5.85. The molecule has 2 aliphatic heterocycles. The van der Waals surface area contributed by atoms with Crippen LogP contribution in [-0.4, -0.2) is 36.5 Å². The molecule has 2 heterocycles. The van der Waals surface area contributed by atoms with E-state index in [0.29, 0.717) is 6.42 Å². The first-order chi connectivity index (χ1) is 10.2. The smallest absolute Gasteiger partial charge is 0.319 e. The molecule has 1 atom stereocenters. The Bertz CT molecular complexity index is 526. The van der Waals surface area contributed by atoms with Crippen LogP contribution >= 0.6 is 0 Å². The van der Waals surface area contributed by atoms with E-state index in [2.05, 4.69) is 15.5 Å². The van der Waals surface area contributed by atoms with Gasteiger partial charge in [-0.2, -0.15) is 0 Å². The first kappa shape index (κ1) is 14.1. The summed E-state index contributed by atoms with van der Waals surface area (Å²) < 4.78 is 0. The van der Waals surface area contributed by atoms with Gasteiger partial charge in [-0.05, 0) is 37.9 Å². The fourth-order valence-corrected chi connectivity index (χ4v) is 3.25. The molecule has 21 heavy (non-hydrogen) atoms. The highest BCUT2D eigenvalue weighted by atomic mass is 16.2. The van der Waals surface area contributed by atoms with E-state index in [4.69, 9.17) is 0 Å². The number of benzene rings is 1. The van der Waals surface area contributed by atoms with Crippen LogP contribution < -0.4 is 10.6 Å². The molecule has 0 saturated carbocycles. The van der Waals surface area contributed by atoms with Gasteiger partial charge in [0, 0.05) is 6.54 Å². The van der Waals surface area contributed by atoms with E-state index in [9.17, 15) is 9.59 Å². The molecule has 3 rings (SSSR count). The molecule has 2 N–H and O–H groups in total. The Labute approximate surface area is 124 Å². The van der Waals surface area contributed by atoms with Crippen molar-refractivity contribution in [1.82, 2.24) is 15.5 Å². The maximum Gasteiger partial charge on any atom is 0.322 e. The summed E-state index contributed by atoms with van der Waals surface area (Å²) >= 11 is 0. The molecule has 1 aromatic carbocycles. The normalized spacial score (nSPS) is 26.5. The third-order valence-corrected chi connectivity index (χ3v) is 4.46. The van der Waals surface area contributed by atoms with Crippen molar-refractivity contribution in [2.75, 3.05) is 19.6 Å². The number of carbonyl (C=O) groups is 2. The van der Waals surface area contributed by atoms with Crippen LogP contribution in [0.2, 0.25) is 0 Å². The van der Waals surface area contributed by atoms with Crippen molar-refractivity contribution < 1.29 is 9.59 Å². The van der Waals surface area contributed by atoms with Crippen molar-refractivity contribution in [3.05, 3.63) is 35.9 Å². The highest BCUT2D eigenvalue weighted by Gasteiger charge is 2.47. The van der Waals surface area contributed by atoms with Crippen LogP contribution in [0.15, 0.2) is 30.3 Å². The molecule has 0 bridgehead atoms. The van der Waals surface area contributed by atoms with E-state index in [1.165, 1.54) is 19.3 Å². The second-order valence-electron chi connectivity index (χ2n) is 5.83. The van der Waals surface area contributed by atoms with Crippen LogP contribution in [0, 0.1) is 0 Å². The lowest BCUT2D eigenvalue weighted by atomic mass is 9.86. The molecule has 2 fully saturated rings. The summed E-state index contributed by atoms with van der Waals surface area (Å²) in [6.07, 6.45) is 4.33. The molecule has 5 nitrogen and oxygen atoms in total. The lowest BCUT2D eigenvalue weighted by Gasteiger charge is -2.32. The second-order valence-corrected chi connectivity index (χ2v) is 5.83. The molecule has 0 aliphatic carbocycles. The Morgan fingerprint density at radius 2 is 1.76 bits per heavy atom. The van der Waals surface area contributed by atoms with E-state index in [-0.39, 0.29) is 5.91 Å². The number of nitrogens with one attached hydrogen (secondary N) is 2. The summed E-state index contributed by atoms with van der Waals surface area (Å²) in [4.78, 5) is 26.4. The van der Waals surface area contributed by atoms with Crippen molar-refractivity contribution >= 4 is 11.9 Å². The SMILES string of the molecule is O=C1NC(=O)C(CCN2CCCCC2)(c2ccccc2)N1. The van der Waals surface area contributed by atoms with Gasteiger partial charge in [-0.15, -0.1) is 0 Å². The maximum absolute atomic E-state index is 12.4. The van der Waals surface area contributed by atoms with Gasteiger partial charge < -0.3 is 10.2 Å². The standard InChI is InChI=1S/C16H21N3O2/c20-14-16(18-15(21)17-14,13-7-3-1-4-8-13)9-12-19-10-5-2-6-11-19/h1,3-4,7-8H,2,5-6,9-12H2,(H2,17,18,20,21). The van der Waals surface area contributed by atoms with Gasteiger partial charge in [0.25, 0.3) is 5.91 Å². The molecule has 0 aromatic heterocycles. The molecule has 2 aliphatic rings. The molecule has 1 aromatic rings. The molecule has 0 radical (unpaired) electrons. The Morgan fingerprint density at radius 1 is 1.05 bits per heavy atom. The first-order valence-corrected chi connectivity index (χ1v) is 7.62. The molecule has 2 saturated heterocycles. The molecular weight excluding hydrogens is 266 g/mol. The van der Waals surface area contributed by atoms with Gasteiger partial charge in [0.1, 0.15) is 5.54 Å². The highest BCUT2D eigenvalue weighted by molar-refractivity contribution is 6.07. The Hall–Kier alpha value is -1.88. The van der Waals surface area contributed by atoms with Crippen LogP contribution in [0.25, 0.3) is 0 Å². The number of rotatable bonds is 4. The van der Waals surface area contributed by atoms with Crippen molar-refractivity contribution in [1.29, 1.82) is 0 Å². The van der Waals surface area contributed by atoms with Crippen molar-refractivity contribution in [2.45, 2.75) is 31.2 Å². The van der Waals surface area contributed by atoms with Gasteiger partial charge in [0.15, 0.2) is 0 Å². The van der Waals surface area contributed by atoms with Gasteiger partial charge in [0.05, 0.1) is 0 Å². The number of imide groups is 1. The molecule has 3 amide bonds.